The molecule has 0 saturated carbocycles. The third-order valence-corrected chi connectivity index (χ3v) is 7.00. The summed E-state index contributed by atoms with van der Waals surface area (Å²) in [6.45, 7) is 8.81. The second-order valence-corrected chi connectivity index (χ2v) is 9.64. The fourth-order valence-corrected chi connectivity index (χ4v) is 5.02. The van der Waals surface area contributed by atoms with Crippen LogP contribution in [0.1, 0.15) is 48.4 Å². The molecule has 0 bridgehead atoms. The van der Waals surface area contributed by atoms with Gasteiger partial charge in [-0.1, -0.05) is 0 Å². The minimum atomic E-state index is -3.02. The fourth-order valence-electron chi connectivity index (χ4n) is 5.02. The molecule has 0 spiro atoms. The topological polar surface area (TPSA) is 62.1 Å². The zero-order valence-corrected chi connectivity index (χ0v) is 21.8. The minimum Gasteiger partial charge on any atom is -0.459 e. The molecule has 1 aliphatic rings. The lowest BCUT2D eigenvalue weighted by Gasteiger charge is -2.39. The van der Waals surface area contributed by atoms with Gasteiger partial charge in [-0.2, -0.15) is 0 Å². The van der Waals surface area contributed by atoms with Crippen molar-refractivity contribution in [3.05, 3.63) is 53.5 Å². The highest BCUT2D eigenvalue weighted by Crippen LogP contribution is 2.34. The minimum absolute atomic E-state index is 0.161. The Balaban J connectivity index is 1.76. The molecule has 3 aromatic rings. The summed E-state index contributed by atoms with van der Waals surface area (Å²) in [5.41, 5.74) is 4.82. The lowest BCUT2D eigenvalue weighted by molar-refractivity contribution is -0.0688. The molecule has 1 saturated heterocycles. The molecule has 1 aliphatic heterocycles. The second kappa shape index (κ2) is 11.1. The van der Waals surface area contributed by atoms with Gasteiger partial charge in [0.2, 0.25) is 6.30 Å². The van der Waals surface area contributed by atoms with Crippen molar-refractivity contribution in [2.24, 2.45) is 0 Å². The number of aromatic nitrogens is 2. The van der Waals surface area contributed by atoms with E-state index in [1.807, 2.05) is 58.2 Å². The summed E-state index contributed by atoms with van der Waals surface area (Å²) >= 11 is 0. The fraction of sp³-hybridized carbons (Fsp3) is 0.481. The molecule has 0 radical (unpaired) electrons. The molecule has 3 aromatic heterocycles. The Morgan fingerprint density at radius 3 is 2.30 bits per heavy atom. The number of pyridine rings is 2. The van der Waals surface area contributed by atoms with Crippen LogP contribution in [0, 0.1) is 6.92 Å². The quantitative estimate of drug-likeness (QED) is 0.329. The molecule has 2 atom stereocenters. The summed E-state index contributed by atoms with van der Waals surface area (Å²) < 4.78 is 47.3. The number of halogens is 3. The first-order valence-electron chi connectivity index (χ1n) is 12.5. The average molecular weight is 518 g/mol. The van der Waals surface area contributed by atoms with E-state index in [1.165, 1.54) is 4.90 Å². The second-order valence-electron chi connectivity index (χ2n) is 9.64. The van der Waals surface area contributed by atoms with E-state index in [0.29, 0.717) is 18.7 Å². The molecule has 7 nitrogen and oxygen atoms in total. The van der Waals surface area contributed by atoms with Gasteiger partial charge >= 0.3 is 5.97 Å². The van der Waals surface area contributed by atoms with Gasteiger partial charge in [0.05, 0.1) is 17.2 Å². The molecule has 0 aliphatic carbocycles. The first-order chi connectivity index (χ1) is 17.6. The van der Waals surface area contributed by atoms with Gasteiger partial charge < -0.3 is 14.5 Å². The summed E-state index contributed by atoms with van der Waals surface area (Å²) in [6.07, 6.45) is -1.80. The Hall–Kier alpha value is -3.11. The molecule has 4 rings (SSSR count). The number of hydrogen-bond acceptors (Lipinski definition) is 6. The Morgan fingerprint density at radius 2 is 1.73 bits per heavy atom. The average Bonchev–Trinajstić information content (AvgIpc) is 3.30. The van der Waals surface area contributed by atoms with Crippen LogP contribution in [0.25, 0.3) is 16.6 Å². The Bertz CT molecular complexity index is 1240. The number of anilines is 1. The Morgan fingerprint density at radius 1 is 1.05 bits per heavy atom. The first kappa shape index (κ1) is 26.9. The molecular formula is C27H34F3N5O2. The lowest BCUT2D eigenvalue weighted by Crippen LogP contribution is -2.51. The molecule has 0 amide bonds. The van der Waals surface area contributed by atoms with E-state index >= 15 is 0 Å². The zero-order chi connectivity index (χ0) is 26.9. The number of nitrogens with one attached hydrogen (secondary N) is 1. The maximum Gasteiger partial charge on any atom is 0.338 e. The number of ether oxygens (including phenoxy) is 1. The molecular weight excluding hydrogens is 483 g/mol. The van der Waals surface area contributed by atoms with Crippen LogP contribution >= 0.6 is 0 Å². The van der Waals surface area contributed by atoms with Crippen LogP contribution in [-0.4, -0.2) is 77.2 Å². The third-order valence-electron chi connectivity index (χ3n) is 7.00. The first-order valence-corrected chi connectivity index (χ1v) is 12.5. The number of hydrogen-bond donors (Lipinski definition) is 1. The van der Waals surface area contributed by atoms with Gasteiger partial charge in [0, 0.05) is 68.5 Å². The van der Waals surface area contributed by atoms with E-state index in [4.69, 9.17) is 4.74 Å². The number of carbonyl (C=O) groups excluding carboxylic acids is 1. The highest BCUT2D eigenvalue weighted by atomic mass is 19.3. The lowest BCUT2D eigenvalue weighted by atomic mass is 9.99. The van der Waals surface area contributed by atoms with Crippen LogP contribution in [0.4, 0.5) is 19.0 Å². The highest BCUT2D eigenvalue weighted by molar-refractivity contribution is 5.95. The molecule has 1 N–H and O–H groups in total. The largest absolute Gasteiger partial charge is 0.459 e. The number of rotatable bonds is 8. The monoisotopic (exact) mass is 517 g/mol. The van der Waals surface area contributed by atoms with Gasteiger partial charge in [0.25, 0.3) is 6.43 Å². The Kier molecular flexibility index (Phi) is 8.08. The van der Waals surface area contributed by atoms with Gasteiger partial charge in [-0.25, -0.2) is 22.9 Å². The van der Waals surface area contributed by atoms with Crippen molar-refractivity contribution in [1.82, 2.24) is 19.2 Å². The van der Waals surface area contributed by atoms with Crippen molar-refractivity contribution < 1.29 is 22.7 Å². The van der Waals surface area contributed by atoms with Crippen LogP contribution < -0.4 is 5.32 Å². The van der Waals surface area contributed by atoms with E-state index in [-0.39, 0.29) is 25.2 Å². The summed E-state index contributed by atoms with van der Waals surface area (Å²) in [6, 6.07) is 7.55. The number of nitrogens with zero attached hydrogens (tertiary/aromatic N) is 4. The maximum absolute atomic E-state index is 13.9. The van der Waals surface area contributed by atoms with E-state index < -0.39 is 18.7 Å². The smallest absolute Gasteiger partial charge is 0.338 e. The SMILES string of the molecule is CNc1ccc(-c2ccn3c(C(C)N4CCN(C(F)C(F)F)CC4)c(C)c(C(=O)OC(C)C)cc23)cn1. The molecule has 10 heteroatoms. The predicted molar refractivity (Wildman–Crippen MR) is 138 cm³/mol. The number of esters is 1. The summed E-state index contributed by atoms with van der Waals surface area (Å²) in [7, 11) is 1.81. The van der Waals surface area contributed by atoms with E-state index in [0.717, 1.165) is 33.7 Å². The summed E-state index contributed by atoms with van der Waals surface area (Å²) in [5, 5.41) is 3.01. The van der Waals surface area contributed by atoms with Crippen LogP contribution in [0.3, 0.4) is 0 Å². The van der Waals surface area contributed by atoms with Crippen LogP contribution in [0.5, 0.6) is 0 Å². The van der Waals surface area contributed by atoms with E-state index in [9.17, 15) is 18.0 Å². The molecule has 37 heavy (non-hydrogen) atoms. The van der Waals surface area contributed by atoms with Gasteiger partial charge in [-0.05, 0) is 57.5 Å². The third kappa shape index (κ3) is 5.45. The summed E-state index contributed by atoms with van der Waals surface area (Å²) in [4.78, 5) is 20.9. The van der Waals surface area contributed by atoms with Crippen molar-refractivity contribution in [2.75, 3.05) is 38.5 Å². The zero-order valence-electron chi connectivity index (χ0n) is 21.8. The van der Waals surface area contributed by atoms with Crippen LogP contribution in [0.15, 0.2) is 36.7 Å². The van der Waals surface area contributed by atoms with Crippen molar-refractivity contribution in [3.8, 4) is 11.1 Å². The van der Waals surface area contributed by atoms with Gasteiger partial charge in [-0.15, -0.1) is 0 Å². The number of fused-ring (bicyclic) bond motifs is 1. The standard InChI is InChI=1S/C27H34F3N5O2/c1-16(2)37-27(36)21-14-22-20(19-6-7-23(31-5)32-15-19)8-9-35(22)24(17(21)3)18(4)33-10-12-34(13-11-33)26(30)25(28)29/h6-9,14-16,18,25-26H,10-13H2,1-5H3,(H,31,32). The molecule has 4 heterocycles. The van der Waals surface area contributed by atoms with Crippen molar-refractivity contribution in [1.29, 1.82) is 0 Å². The van der Waals surface area contributed by atoms with E-state index in [1.54, 1.807) is 13.2 Å². The Labute approximate surface area is 215 Å². The van der Waals surface area contributed by atoms with Crippen LogP contribution in [-0.2, 0) is 4.74 Å². The van der Waals surface area contributed by atoms with Crippen molar-refractivity contribution >= 4 is 17.3 Å². The van der Waals surface area contributed by atoms with Gasteiger partial charge in [0.15, 0.2) is 0 Å². The van der Waals surface area contributed by atoms with Crippen molar-refractivity contribution in [2.45, 2.75) is 52.6 Å². The summed E-state index contributed by atoms with van der Waals surface area (Å²) in [5.74, 6) is 0.349. The highest BCUT2D eigenvalue weighted by Gasteiger charge is 2.33. The predicted octanol–water partition coefficient (Wildman–Crippen LogP) is 5.16. The van der Waals surface area contributed by atoms with Crippen LogP contribution in [0.2, 0.25) is 0 Å². The molecule has 200 valence electrons. The van der Waals surface area contributed by atoms with Gasteiger partial charge in [-0.3, -0.25) is 9.80 Å². The maximum atomic E-state index is 13.9. The normalized spacial score (nSPS) is 16.9. The molecule has 0 aromatic carbocycles. The van der Waals surface area contributed by atoms with Crippen molar-refractivity contribution in [3.63, 3.8) is 0 Å². The number of alkyl halides is 3. The molecule has 2 unspecified atom stereocenters. The van der Waals surface area contributed by atoms with Gasteiger partial charge in [0.1, 0.15) is 5.82 Å². The number of carbonyl (C=O) groups is 1. The molecule has 1 fully saturated rings. The van der Waals surface area contributed by atoms with E-state index in [2.05, 4.69) is 19.6 Å². The number of piperazine rings is 1.